The molecule has 2 atom stereocenters. The number of benzene rings is 2. The summed E-state index contributed by atoms with van der Waals surface area (Å²) in [5, 5.41) is 5.66. The van der Waals surface area contributed by atoms with E-state index in [0.29, 0.717) is 16.8 Å². The maximum absolute atomic E-state index is 13.7. The Morgan fingerprint density at radius 3 is 2.11 bits per heavy atom. The van der Waals surface area contributed by atoms with E-state index < -0.39 is 35.6 Å². The van der Waals surface area contributed by atoms with Crippen molar-refractivity contribution in [1.29, 1.82) is 0 Å². The van der Waals surface area contributed by atoms with E-state index in [4.69, 9.17) is 11.2 Å². The molecule has 0 saturated carbocycles. The van der Waals surface area contributed by atoms with E-state index in [0.717, 1.165) is 11.1 Å². The summed E-state index contributed by atoms with van der Waals surface area (Å²) < 4.78 is 5.36. The Morgan fingerprint density at radius 1 is 1.00 bits per heavy atom. The number of nitrogens with zero attached hydrogens (tertiary/aromatic N) is 1. The smallest absolute Gasteiger partial charge is 0.408 e. The summed E-state index contributed by atoms with van der Waals surface area (Å²) in [6, 6.07) is 10.8. The summed E-state index contributed by atoms with van der Waals surface area (Å²) in [5.41, 5.74) is 2.76. The third kappa shape index (κ3) is 7.11. The van der Waals surface area contributed by atoms with Gasteiger partial charge in [-0.05, 0) is 63.3 Å². The molecular formula is C29H37N3O4. The van der Waals surface area contributed by atoms with Crippen LogP contribution in [0.5, 0.6) is 0 Å². The average Bonchev–Trinajstić information content (AvgIpc) is 2.78. The number of carbonyl (C=O) groups is 3. The van der Waals surface area contributed by atoms with Gasteiger partial charge in [-0.25, -0.2) is 4.79 Å². The number of hydrogen-bond acceptors (Lipinski definition) is 4. The van der Waals surface area contributed by atoms with Gasteiger partial charge in [-0.15, -0.1) is 6.42 Å². The van der Waals surface area contributed by atoms with E-state index >= 15 is 0 Å². The van der Waals surface area contributed by atoms with E-state index in [1.807, 2.05) is 45.9 Å². The predicted molar refractivity (Wildman–Crippen MR) is 142 cm³/mol. The summed E-state index contributed by atoms with van der Waals surface area (Å²) in [4.78, 5) is 41.3. The number of ether oxygens (including phenoxy) is 1. The number of rotatable bonds is 7. The van der Waals surface area contributed by atoms with Gasteiger partial charge in [-0.1, -0.05) is 56.2 Å². The Hall–Kier alpha value is -3.79. The molecule has 3 amide bonds. The van der Waals surface area contributed by atoms with Crippen molar-refractivity contribution in [2.24, 2.45) is 5.92 Å². The highest BCUT2D eigenvalue weighted by Crippen LogP contribution is 2.28. The molecular weight excluding hydrogens is 454 g/mol. The van der Waals surface area contributed by atoms with Crippen molar-refractivity contribution in [3.8, 4) is 12.3 Å². The first-order valence-corrected chi connectivity index (χ1v) is 12.0. The second kappa shape index (κ2) is 11.8. The lowest BCUT2D eigenvalue weighted by molar-refractivity contribution is -0.140. The zero-order valence-corrected chi connectivity index (χ0v) is 22.4. The van der Waals surface area contributed by atoms with Gasteiger partial charge in [0, 0.05) is 18.3 Å². The summed E-state index contributed by atoms with van der Waals surface area (Å²) in [5.74, 6) is 1.50. The fourth-order valence-electron chi connectivity index (χ4n) is 3.89. The third-order valence-electron chi connectivity index (χ3n) is 5.73. The minimum absolute atomic E-state index is 0.266. The van der Waals surface area contributed by atoms with Crippen LogP contribution in [-0.4, -0.2) is 41.5 Å². The molecule has 0 fully saturated rings. The lowest BCUT2D eigenvalue weighted by Crippen LogP contribution is -2.53. The molecule has 0 heterocycles. The number of para-hydroxylation sites is 1. The molecule has 2 rings (SSSR count). The van der Waals surface area contributed by atoms with Crippen molar-refractivity contribution in [1.82, 2.24) is 10.2 Å². The number of aryl methyl sites for hydroxylation is 2. The monoisotopic (exact) mass is 491 g/mol. The molecule has 7 nitrogen and oxygen atoms in total. The Kier molecular flexibility index (Phi) is 9.29. The number of alkyl carbamates (subject to hydrolysis) is 1. The molecule has 2 N–H and O–H groups in total. The Morgan fingerprint density at radius 2 is 1.58 bits per heavy atom. The first-order valence-electron chi connectivity index (χ1n) is 12.0. The molecule has 192 valence electrons. The maximum atomic E-state index is 13.7. The molecule has 0 aliphatic rings. The average molecular weight is 492 g/mol. The van der Waals surface area contributed by atoms with E-state index in [1.54, 1.807) is 45.0 Å². The Labute approximate surface area is 214 Å². The largest absolute Gasteiger partial charge is 0.444 e. The fraction of sp³-hybridized carbons (Fsp3) is 0.414. The number of hydrogen-bond donors (Lipinski definition) is 2. The van der Waals surface area contributed by atoms with Crippen molar-refractivity contribution in [3.05, 3.63) is 64.7 Å². The SMILES string of the molecule is C#Cc1ccccc1C(C(=O)Nc1c(C)cccc1C)N(C)C(=O)C(NC(=O)OC(C)(C)C)C(C)C. The minimum Gasteiger partial charge on any atom is -0.444 e. The molecule has 2 aromatic carbocycles. The van der Waals surface area contributed by atoms with Gasteiger partial charge < -0.3 is 20.3 Å². The van der Waals surface area contributed by atoms with Crippen molar-refractivity contribution in [3.63, 3.8) is 0 Å². The van der Waals surface area contributed by atoms with Crippen LogP contribution in [0.4, 0.5) is 10.5 Å². The highest BCUT2D eigenvalue weighted by atomic mass is 16.6. The first-order chi connectivity index (χ1) is 16.8. The first kappa shape index (κ1) is 28.4. The number of nitrogens with one attached hydrogen (secondary N) is 2. The van der Waals surface area contributed by atoms with Crippen molar-refractivity contribution < 1.29 is 19.1 Å². The third-order valence-corrected chi connectivity index (χ3v) is 5.73. The van der Waals surface area contributed by atoms with Crippen LogP contribution in [0.1, 0.15) is 62.9 Å². The number of amides is 3. The zero-order chi connectivity index (χ0) is 27.2. The van der Waals surface area contributed by atoms with Gasteiger partial charge in [0.1, 0.15) is 17.7 Å². The molecule has 0 aliphatic carbocycles. The second-order valence-electron chi connectivity index (χ2n) is 10.2. The lowest BCUT2D eigenvalue weighted by atomic mass is 9.96. The van der Waals surface area contributed by atoms with Gasteiger partial charge in [0.2, 0.25) is 5.91 Å². The normalized spacial score (nSPS) is 12.8. The van der Waals surface area contributed by atoms with Crippen LogP contribution in [0.25, 0.3) is 0 Å². The van der Waals surface area contributed by atoms with Gasteiger partial charge >= 0.3 is 6.09 Å². The van der Waals surface area contributed by atoms with Gasteiger partial charge in [0.25, 0.3) is 5.91 Å². The molecule has 7 heteroatoms. The molecule has 0 radical (unpaired) electrons. The molecule has 2 aromatic rings. The topological polar surface area (TPSA) is 87.7 Å². The molecule has 36 heavy (non-hydrogen) atoms. The van der Waals surface area contributed by atoms with E-state index in [-0.39, 0.29) is 5.92 Å². The summed E-state index contributed by atoms with van der Waals surface area (Å²) in [6.45, 7) is 12.7. The molecule has 0 aliphatic heterocycles. The Balaban J connectivity index is 2.48. The van der Waals surface area contributed by atoms with Gasteiger partial charge in [0.05, 0.1) is 0 Å². The van der Waals surface area contributed by atoms with E-state index in [2.05, 4.69) is 16.6 Å². The van der Waals surface area contributed by atoms with Crippen LogP contribution in [-0.2, 0) is 14.3 Å². The summed E-state index contributed by atoms with van der Waals surface area (Å²) in [7, 11) is 1.54. The number of anilines is 1. The minimum atomic E-state index is -1.04. The van der Waals surface area contributed by atoms with Gasteiger partial charge in [-0.3, -0.25) is 9.59 Å². The van der Waals surface area contributed by atoms with Crippen molar-refractivity contribution in [2.75, 3.05) is 12.4 Å². The van der Waals surface area contributed by atoms with Crippen LogP contribution in [0.2, 0.25) is 0 Å². The van der Waals surface area contributed by atoms with Gasteiger partial charge in [0.15, 0.2) is 0 Å². The van der Waals surface area contributed by atoms with Crippen LogP contribution in [0.3, 0.4) is 0 Å². The quantitative estimate of drug-likeness (QED) is 0.535. The molecule has 2 unspecified atom stereocenters. The number of carbonyl (C=O) groups excluding carboxylic acids is 3. The second-order valence-corrected chi connectivity index (χ2v) is 10.2. The highest BCUT2D eigenvalue weighted by molar-refractivity contribution is 6.00. The van der Waals surface area contributed by atoms with Crippen molar-refractivity contribution >= 4 is 23.6 Å². The summed E-state index contributed by atoms with van der Waals surface area (Å²) in [6.07, 6.45) is 5.03. The van der Waals surface area contributed by atoms with Gasteiger partial charge in [-0.2, -0.15) is 0 Å². The van der Waals surface area contributed by atoms with Crippen molar-refractivity contribution in [2.45, 2.75) is 66.2 Å². The van der Waals surface area contributed by atoms with Crippen LogP contribution in [0, 0.1) is 32.1 Å². The maximum Gasteiger partial charge on any atom is 0.408 e. The number of terminal acetylenes is 1. The van der Waals surface area contributed by atoms with E-state index in [1.165, 1.54) is 11.9 Å². The summed E-state index contributed by atoms with van der Waals surface area (Å²) >= 11 is 0. The molecule has 0 aromatic heterocycles. The Bertz CT molecular complexity index is 1140. The van der Waals surface area contributed by atoms with E-state index in [9.17, 15) is 14.4 Å². The van der Waals surface area contributed by atoms with Crippen LogP contribution < -0.4 is 10.6 Å². The van der Waals surface area contributed by atoms with Crippen LogP contribution in [0.15, 0.2) is 42.5 Å². The highest BCUT2D eigenvalue weighted by Gasteiger charge is 2.36. The zero-order valence-electron chi connectivity index (χ0n) is 22.4. The van der Waals surface area contributed by atoms with Crippen LogP contribution >= 0.6 is 0 Å². The number of likely N-dealkylation sites (N-methyl/N-ethyl adjacent to an activating group) is 1. The molecule has 0 bridgehead atoms. The molecule has 0 saturated heterocycles. The molecule has 0 spiro atoms. The standard InChI is InChI=1S/C29H37N3O4/c1-10-21-16-11-12-17-22(21)25(26(33)30-24-19(4)14-13-15-20(24)5)32(9)27(34)23(18(2)3)31-28(35)36-29(6,7)8/h1,11-18,23,25H,2-9H3,(H,30,33)(H,31,35). The predicted octanol–water partition coefficient (Wildman–Crippen LogP) is 4.97. The lowest BCUT2D eigenvalue weighted by Gasteiger charge is -2.33. The fourth-order valence-corrected chi connectivity index (χ4v) is 3.89.